The molecule has 0 bridgehead atoms. The van der Waals surface area contributed by atoms with E-state index in [0.29, 0.717) is 13.0 Å². The molecule has 0 amide bonds. The maximum atomic E-state index is 11.6. The van der Waals surface area contributed by atoms with Gasteiger partial charge in [-0.05, 0) is 103 Å². The van der Waals surface area contributed by atoms with Gasteiger partial charge in [0, 0.05) is 16.1 Å². The Morgan fingerprint density at radius 1 is 0.897 bits per heavy atom. The zero-order valence-corrected chi connectivity index (χ0v) is 23.7. The molecule has 4 aromatic rings. The Balaban J connectivity index is 1.26. The first kappa shape index (κ1) is 27.2. The Hall–Kier alpha value is -3.35. The number of thiophene rings is 1. The summed E-state index contributed by atoms with van der Waals surface area (Å²) >= 11 is 1.85. The fourth-order valence-electron chi connectivity index (χ4n) is 5.09. The van der Waals surface area contributed by atoms with Crippen molar-refractivity contribution in [3.8, 4) is 21.9 Å². The number of benzene rings is 3. The minimum atomic E-state index is -0.201. The number of hydrogen-bond donors (Lipinski definition) is 0. The Morgan fingerprint density at radius 3 is 2.28 bits per heavy atom. The van der Waals surface area contributed by atoms with Crippen LogP contribution in [0.1, 0.15) is 37.3 Å². The van der Waals surface area contributed by atoms with Crippen LogP contribution in [0.15, 0.2) is 72.8 Å². The standard InChI is InChI=1S/C33H37NO4S/c1-24(33(35)36-2)17-21-37-27-13-9-25(10-14-27)23-30-29-7-3-4-8-31(29)39-32(30)26-11-15-28(16-12-26)38-22-20-34-18-5-6-19-34/h3-4,7-16,24H,5-6,17-23H2,1-2H3. The number of methoxy groups -OCH3 is 1. The average Bonchev–Trinajstić information content (AvgIpc) is 3.62. The molecule has 1 atom stereocenters. The molecule has 3 aromatic carbocycles. The smallest absolute Gasteiger partial charge is 0.308 e. The van der Waals surface area contributed by atoms with Crippen LogP contribution in [0.3, 0.4) is 0 Å². The van der Waals surface area contributed by atoms with Crippen molar-refractivity contribution < 1.29 is 19.0 Å². The van der Waals surface area contributed by atoms with Gasteiger partial charge in [-0.2, -0.15) is 0 Å². The summed E-state index contributed by atoms with van der Waals surface area (Å²) in [5, 5.41) is 1.31. The maximum Gasteiger partial charge on any atom is 0.308 e. The van der Waals surface area contributed by atoms with Crippen LogP contribution in [0.2, 0.25) is 0 Å². The molecule has 6 heteroatoms. The number of nitrogens with zero attached hydrogens (tertiary/aromatic N) is 1. The molecule has 1 unspecified atom stereocenters. The van der Waals surface area contributed by atoms with Crippen molar-refractivity contribution in [2.24, 2.45) is 5.92 Å². The number of rotatable bonds is 12. The van der Waals surface area contributed by atoms with Crippen LogP contribution in [-0.2, 0) is 16.0 Å². The zero-order chi connectivity index (χ0) is 27.0. The minimum Gasteiger partial charge on any atom is -0.494 e. The first-order valence-corrected chi connectivity index (χ1v) is 14.7. The van der Waals surface area contributed by atoms with E-state index in [-0.39, 0.29) is 11.9 Å². The molecule has 1 saturated heterocycles. The number of fused-ring (bicyclic) bond motifs is 1. The molecule has 1 fully saturated rings. The maximum absolute atomic E-state index is 11.6. The monoisotopic (exact) mass is 543 g/mol. The molecule has 5 rings (SSSR count). The Labute approximate surface area is 235 Å². The summed E-state index contributed by atoms with van der Waals surface area (Å²) in [6.45, 7) is 6.46. The third kappa shape index (κ3) is 7.00. The van der Waals surface area contributed by atoms with Crippen LogP contribution in [0.5, 0.6) is 11.5 Å². The van der Waals surface area contributed by atoms with Crippen LogP contribution in [-0.4, -0.2) is 50.8 Å². The largest absolute Gasteiger partial charge is 0.494 e. The molecule has 1 aromatic heterocycles. The number of likely N-dealkylation sites (tertiary alicyclic amines) is 1. The molecule has 2 heterocycles. The van der Waals surface area contributed by atoms with Gasteiger partial charge >= 0.3 is 5.97 Å². The number of ether oxygens (including phenoxy) is 3. The summed E-state index contributed by atoms with van der Waals surface area (Å²) in [5.74, 6) is 1.37. The van der Waals surface area contributed by atoms with E-state index in [2.05, 4.69) is 65.6 Å². The normalized spacial score (nSPS) is 14.4. The summed E-state index contributed by atoms with van der Waals surface area (Å²) in [5.41, 5.74) is 3.80. The van der Waals surface area contributed by atoms with E-state index in [4.69, 9.17) is 14.2 Å². The van der Waals surface area contributed by atoms with Crippen molar-refractivity contribution in [2.45, 2.75) is 32.6 Å². The van der Waals surface area contributed by atoms with E-state index >= 15 is 0 Å². The molecule has 1 aliphatic rings. The number of esters is 1. The van der Waals surface area contributed by atoms with Gasteiger partial charge in [0.25, 0.3) is 0 Å². The predicted octanol–water partition coefficient (Wildman–Crippen LogP) is 7.21. The summed E-state index contributed by atoms with van der Waals surface area (Å²) in [7, 11) is 1.42. The fraction of sp³-hybridized carbons (Fsp3) is 0.364. The van der Waals surface area contributed by atoms with Gasteiger partial charge in [-0.25, -0.2) is 0 Å². The van der Waals surface area contributed by atoms with Crippen molar-refractivity contribution in [1.29, 1.82) is 0 Å². The fourth-order valence-corrected chi connectivity index (χ4v) is 6.32. The van der Waals surface area contributed by atoms with Crippen molar-refractivity contribution in [2.75, 3.05) is 40.0 Å². The highest BCUT2D eigenvalue weighted by Crippen LogP contribution is 2.40. The van der Waals surface area contributed by atoms with Crippen molar-refractivity contribution in [3.05, 3.63) is 83.9 Å². The second kappa shape index (κ2) is 13.1. The summed E-state index contributed by atoms with van der Waals surface area (Å²) < 4.78 is 18.0. The molecule has 0 radical (unpaired) electrons. The quantitative estimate of drug-likeness (QED) is 0.177. The highest BCUT2D eigenvalue weighted by atomic mass is 32.1. The average molecular weight is 544 g/mol. The summed E-state index contributed by atoms with van der Waals surface area (Å²) in [4.78, 5) is 15.4. The summed E-state index contributed by atoms with van der Waals surface area (Å²) in [6.07, 6.45) is 4.08. The highest BCUT2D eigenvalue weighted by molar-refractivity contribution is 7.22. The van der Waals surface area contributed by atoms with Gasteiger partial charge in [0.15, 0.2) is 0 Å². The predicted molar refractivity (Wildman–Crippen MR) is 159 cm³/mol. The van der Waals surface area contributed by atoms with Crippen molar-refractivity contribution in [1.82, 2.24) is 4.90 Å². The molecular formula is C33H37NO4S. The van der Waals surface area contributed by atoms with Gasteiger partial charge in [-0.3, -0.25) is 9.69 Å². The third-order valence-electron chi connectivity index (χ3n) is 7.42. The number of carbonyl (C=O) groups excluding carboxylic acids is 1. The van der Waals surface area contributed by atoms with E-state index in [0.717, 1.165) is 31.1 Å². The van der Waals surface area contributed by atoms with Gasteiger partial charge in [-0.1, -0.05) is 37.3 Å². The topological polar surface area (TPSA) is 48.0 Å². The molecule has 0 N–H and O–H groups in total. The third-order valence-corrected chi connectivity index (χ3v) is 8.68. The molecule has 39 heavy (non-hydrogen) atoms. The summed E-state index contributed by atoms with van der Waals surface area (Å²) in [6, 6.07) is 25.5. The highest BCUT2D eigenvalue weighted by Gasteiger charge is 2.16. The zero-order valence-electron chi connectivity index (χ0n) is 22.9. The van der Waals surface area contributed by atoms with Crippen LogP contribution in [0.4, 0.5) is 0 Å². The Morgan fingerprint density at radius 2 is 1.56 bits per heavy atom. The molecule has 0 spiro atoms. The Kier molecular flexibility index (Phi) is 9.17. The number of carbonyl (C=O) groups is 1. The minimum absolute atomic E-state index is 0.171. The van der Waals surface area contributed by atoms with E-state index < -0.39 is 0 Å². The molecule has 1 aliphatic heterocycles. The van der Waals surface area contributed by atoms with Crippen LogP contribution in [0, 0.1) is 5.92 Å². The Bertz CT molecular complexity index is 1360. The van der Waals surface area contributed by atoms with Gasteiger partial charge in [-0.15, -0.1) is 11.3 Å². The lowest BCUT2D eigenvalue weighted by molar-refractivity contribution is -0.145. The van der Waals surface area contributed by atoms with E-state index in [1.54, 1.807) is 0 Å². The van der Waals surface area contributed by atoms with Crippen LogP contribution in [0.25, 0.3) is 20.5 Å². The second-order valence-corrected chi connectivity index (χ2v) is 11.3. The van der Waals surface area contributed by atoms with Gasteiger partial charge in [0.1, 0.15) is 18.1 Å². The van der Waals surface area contributed by atoms with Crippen molar-refractivity contribution in [3.63, 3.8) is 0 Å². The van der Waals surface area contributed by atoms with E-state index in [1.807, 2.05) is 30.4 Å². The van der Waals surface area contributed by atoms with Crippen LogP contribution < -0.4 is 9.47 Å². The van der Waals surface area contributed by atoms with Gasteiger partial charge in [0.2, 0.25) is 0 Å². The molecule has 0 saturated carbocycles. The first-order valence-electron chi connectivity index (χ1n) is 13.9. The molecule has 0 aliphatic carbocycles. The molecular weight excluding hydrogens is 506 g/mol. The van der Waals surface area contributed by atoms with Gasteiger partial charge < -0.3 is 14.2 Å². The van der Waals surface area contributed by atoms with Crippen LogP contribution >= 0.6 is 11.3 Å². The first-order chi connectivity index (χ1) is 19.1. The van der Waals surface area contributed by atoms with Gasteiger partial charge in [0.05, 0.1) is 19.6 Å². The van der Waals surface area contributed by atoms with Crippen molar-refractivity contribution >= 4 is 27.4 Å². The lowest BCUT2D eigenvalue weighted by Gasteiger charge is -2.15. The number of hydrogen-bond acceptors (Lipinski definition) is 6. The van der Waals surface area contributed by atoms with E-state index in [1.165, 1.54) is 64.7 Å². The lowest BCUT2D eigenvalue weighted by atomic mass is 9.99. The molecule has 204 valence electrons. The lowest BCUT2D eigenvalue weighted by Crippen LogP contribution is -2.25. The SMILES string of the molecule is COC(=O)C(C)CCOc1ccc(Cc2c(-c3ccc(OCCN4CCCC4)cc3)sc3ccccc23)cc1. The second-order valence-electron chi connectivity index (χ2n) is 10.2. The molecule has 5 nitrogen and oxygen atoms in total. The van der Waals surface area contributed by atoms with E-state index in [9.17, 15) is 4.79 Å².